The van der Waals surface area contributed by atoms with Gasteiger partial charge in [-0.2, -0.15) is 13.2 Å². The molecule has 0 aliphatic heterocycles. The molecule has 3 rings (SSSR count). The van der Waals surface area contributed by atoms with E-state index >= 15 is 0 Å². The smallest absolute Gasteiger partial charge is 0.364 e. The van der Waals surface area contributed by atoms with E-state index in [2.05, 4.69) is 15.3 Å². The van der Waals surface area contributed by atoms with Crippen LogP contribution in [0.5, 0.6) is 0 Å². The summed E-state index contributed by atoms with van der Waals surface area (Å²) in [5.74, 6) is -0.455. The first-order chi connectivity index (χ1) is 11.8. The summed E-state index contributed by atoms with van der Waals surface area (Å²) < 4.78 is 38.1. The van der Waals surface area contributed by atoms with E-state index in [0.29, 0.717) is 11.3 Å². The van der Waals surface area contributed by atoms with Gasteiger partial charge in [0.15, 0.2) is 0 Å². The zero-order valence-corrected chi connectivity index (χ0v) is 13.3. The maximum atomic E-state index is 12.7. The van der Waals surface area contributed by atoms with Gasteiger partial charge in [-0.05, 0) is 31.0 Å². The third-order valence-corrected chi connectivity index (χ3v) is 4.17. The van der Waals surface area contributed by atoms with Crippen molar-refractivity contribution in [1.82, 2.24) is 9.97 Å². The molecule has 0 atom stereocenters. The summed E-state index contributed by atoms with van der Waals surface area (Å²) in [5, 5.41) is 3.17. The number of alkyl halides is 3. The maximum absolute atomic E-state index is 12.7. The quantitative estimate of drug-likeness (QED) is 0.882. The van der Waals surface area contributed by atoms with Crippen LogP contribution >= 0.6 is 0 Å². The predicted molar refractivity (Wildman–Crippen MR) is 86.9 cm³/mol. The van der Waals surface area contributed by atoms with E-state index in [1.54, 1.807) is 0 Å². The van der Waals surface area contributed by atoms with Crippen LogP contribution in [0.1, 0.15) is 41.7 Å². The first-order valence-electron chi connectivity index (χ1n) is 7.96. The van der Waals surface area contributed by atoms with Crippen LogP contribution < -0.4 is 11.1 Å². The van der Waals surface area contributed by atoms with Crippen LogP contribution in [-0.4, -0.2) is 21.9 Å². The molecule has 3 N–H and O–H groups in total. The molecule has 0 radical (unpaired) electrons. The van der Waals surface area contributed by atoms with E-state index in [4.69, 9.17) is 5.73 Å². The molecule has 0 unspecified atom stereocenters. The minimum absolute atomic E-state index is 0.0189. The van der Waals surface area contributed by atoms with Gasteiger partial charge in [-0.25, -0.2) is 9.97 Å². The maximum Gasteiger partial charge on any atom is 0.416 e. The zero-order valence-electron chi connectivity index (χ0n) is 13.3. The average Bonchev–Trinajstić information content (AvgIpc) is 3.07. The second kappa shape index (κ2) is 6.70. The van der Waals surface area contributed by atoms with Crippen LogP contribution in [0.3, 0.4) is 0 Å². The summed E-state index contributed by atoms with van der Waals surface area (Å²) >= 11 is 0. The molecule has 0 saturated heterocycles. The largest absolute Gasteiger partial charge is 0.416 e. The van der Waals surface area contributed by atoms with E-state index in [9.17, 15) is 18.0 Å². The summed E-state index contributed by atoms with van der Waals surface area (Å²) in [7, 11) is 0. The number of benzene rings is 1. The van der Waals surface area contributed by atoms with Crippen LogP contribution in [0.15, 0.2) is 30.3 Å². The number of halogens is 3. The highest BCUT2D eigenvalue weighted by molar-refractivity contribution is 5.92. The normalized spacial score (nSPS) is 15.3. The van der Waals surface area contributed by atoms with Crippen LogP contribution in [0, 0.1) is 0 Å². The lowest BCUT2D eigenvalue weighted by Crippen LogP contribution is -2.20. The van der Waals surface area contributed by atoms with Crippen molar-refractivity contribution < 1.29 is 18.0 Å². The van der Waals surface area contributed by atoms with Crippen LogP contribution in [-0.2, 0) is 6.18 Å². The Morgan fingerprint density at radius 3 is 2.32 bits per heavy atom. The molecule has 1 heterocycles. The molecule has 132 valence electrons. The molecule has 1 aromatic heterocycles. The lowest BCUT2D eigenvalue weighted by molar-refractivity contribution is -0.137. The SMILES string of the molecule is NC(=O)c1cc(-c2ccc(C(F)(F)F)cc2)nc(NC2CCCC2)n1. The fraction of sp³-hybridized carbons (Fsp3) is 0.353. The van der Waals surface area contributed by atoms with E-state index in [1.807, 2.05) is 0 Å². The second-order valence-electron chi connectivity index (χ2n) is 6.03. The fourth-order valence-electron chi connectivity index (χ4n) is 2.87. The van der Waals surface area contributed by atoms with Crippen LogP contribution in [0.25, 0.3) is 11.3 Å². The highest BCUT2D eigenvalue weighted by Crippen LogP contribution is 2.31. The lowest BCUT2D eigenvalue weighted by Gasteiger charge is -2.14. The molecule has 1 saturated carbocycles. The number of carbonyl (C=O) groups is 1. The molecule has 0 bridgehead atoms. The molecule has 1 aromatic carbocycles. The molecular formula is C17H17F3N4O. The van der Waals surface area contributed by atoms with Gasteiger partial charge in [0, 0.05) is 11.6 Å². The first kappa shape index (κ1) is 17.2. The molecule has 1 aliphatic rings. The van der Waals surface area contributed by atoms with Crippen molar-refractivity contribution in [3.05, 3.63) is 41.6 Å². The Labute approximate surface area is 142 Å². The molecule has 2 aromatic rings. The first-order valence-corrected chi connectivity index (χ1v) is 7.96. The Balaban J connectivity index is 1.93. The number of primary amides is 1. The number of hydrogen-bond acceptors (Lipinski definition) is 4. The van der Waals surface area contributed by atoms with Crippen molar-refractivity contribution in [2.24, 2.45) is 5.73 Å². The molecular weight excluding hydrogens is 333 g/mol. The number of nitrogens with zero attached hydrogens (tertiary/aromatic N) is 2. The Bertz CT molecular complexity index is 768. The van der Waals surface area contributed by atoms with Crippen molar-refractivity contribution in [3.8, 4) is 11.3 Å². The van der Waals surface area contributed by atoms with Gasteiger partial charge in [0.25, 0.3) is 5.91 Å². The van der Waals surface area contributed by atoms with Gasteiger partial charge in [-0.3, -0.25) is 4.79 Å². The Morgan fingerprint density at radius 1 is 1.12 bits per heavy atom. The molecule has 1 amide bonds. The number of rotatable bonds is 4. The van der Waals surface area contributed by atoms with Gasteiger partial charge >= 0.3 is 6.18 Å². The van der Waals surface area contributed by atoms with Crippen LogP contribution in [0.2, 0.25) is 0 Å². The number of aromatic nitrogens is 2. The fourth-order valence-corrected chi connectivity index (χ4v) is 2.87. The topological polar surface area (TPSA) is 80.9 Å². The Hall–Kier alpha value is -2.64. The second-order valence-corrected chi connectivity index (χ2v) is 6.03. The van der Waals surface area contributed by atoms with Crippen molar-refractivity contribution in [2.45, 2.75) is 37.9 Å². The van der Waals surface area contributed by atoms with Gasteiger partial charge in [-0.15, -0.1) is 0 Å². The number of nitrogens with two attached hydrogens (primary N) is 1. The minimum atomic E-state index is -4.40. The van der Waals surface area contributed by atoms with Crippen LogP contribution in [0.4, 0.5) is 19.1 Å². The minimum Gasteiger partial charge on any atom is -0.364 e. The lowest BCUT2D eigenvalue weighted by atomic mass is 10.1. The molecule has 1 fully saturated rings. The summed E-state index contributed by atoms with van der Waals surface area (Å²) in [6, 6.07) is 6.19. The van der Waals surface area contributed by atoms with Gasteiger partial charge in [-0.1, -0.05) is 25.0 Å². The van der Waals surface area contributed by atoms with E-state index < -0.39 is 17.6 Å². The summed E-state index contributed by atoms with van der Waals surface area (Å²) in [4.78, 5) is 19.9. The van der Waals surface area contributed by atoms with Crippen molar-refractivity contribution in [3.63, 3.8) is 0 Å². The third-order valence-electron chi connectivity index (χ3n) is 4.17. The van der Waals surface area contributed by atoms with E-state index in [0.717, 1.165) is 37.8 Å². The summed E-state index contributed by atoms with van der Waals surface area (Å²) in [5.41, 5.74) is 5.38. The highest BCUT2D eigenvalue weighted by Gasteiger charge is 2.30. The zero-order chi connectivity index (χ0) is 18.0. The van der Waals surface area contributed by atoms with Crippen molar-refractivity contribution in [2.75, 3.05) is 5.32 Å². The van der Waals surface area contributed by atoms with Gasteiger partial charge in [0.1, 0.15) is 5.69 Å². The van der Waals surface area contributed by atoms with Crippen molar-refractivity contribution >= 4 is 11.9 Å². The predicted octanol–water partition coefficient (Wildman–Crippen LogP) is 3.62. The number of hydrogen-bond donors (Lipinski definition) is 2. The highest BCUT2D eigenvalue weighted by atomic mass is 19.4. The van der Waals surface area contributed by atoms with Gasteiger partial charge in [0.05, 0.1) is 11.3 Å². The average molecular weight is 350 g/mol. The van der Waals surface area contributed by atoms with E-state index in [-0.39, 0.29) is 17.7 Å². The van der Waals surface area contributed by atoms with Gasteiger partial charge in [0.2, 0.25) is 5.95 Å². The number of carbonyl (C=O) groups excluding carboxylic acids is 1. The Kier molecular flexibility index (Phi) is 4.61. The molecule has 25 heavy (non-hydrogen) atoms. The van der Waals surface area contributed by atoms with Crippen molar-refractivity contribution in [1.29, 1.82) is 0 Å². The third kappa shape index (κ3) is 4.07. The number of anilines is 1. The Morgan fingerprint density at radius 2 is 1.76 bits per heavy atom. The summed E-state index contributed by atoms with van der Waals surface area (Å²) in [6.07, 6.45) is -0.213. The standard InChI is InChI=1S/C17H17F3N4O/c18-17(19,20)11-7-5-10(6-8-11)13-9-14(15(21)25)24-16(23-13)22-12-3-1-2-4-12/h5-9,12H,1-4H2,(H2,21,25)(H,22,23,24). The molecule has 5 nitrogen and oxygen atoms in total. The molecule has 0 spiro atoms. The monoisotopic (exact) mass is 350 g/mol. The molecule has 8 heteroatoms. The summed E-state index contributed by atoms with van der Waals surface area (Å²) in [6.45, 7) is 0. The number of nitrogens with one attached hydrogen (secondary N) is 1. The molecule has 1 aliphatic carbocycles. The number of amides is 1. The van der Waals surface area contributed by atoms with E-state index in [1.165, 1.54) is 18.2 Å². The van der Waals surface area contributed by atoms with Gasteiger partial charge < -0.3 is 11.1 Å².